The molecule has 0 aliphatic rings. The second-order valence-corrected chi connectivity index (χ2v) is 2.14. The van der Waals surface area contributed by atoms with E-state index in [1.807, 2.05) is 18.2 Å². The highest BCUT2D eigenvalue weighted by Gasteiger charge is 2.01. The molecule has 1 radical (unpaired) electrons. The van der Waals surface area contributed by atoms with Crippen LogP contribution in [0.25, 0.3) is 10.9 Å². The lowest BCUT2D eigenvalue weighted by Gasteiger charge is -1.82. The molecule has 1 N–H and O–H groups in total. The number of fused-ring (bicyclic) bond motifs is 1. The van der Waals surface area contributed by atoms with E-state index in [2.05, 4.69) is 16.3 Å². The number of nitrogens with one attached hydrogen (secondary N) is 1. The molecule has 0 fully saturated rings. The van der Waals surface area contributed by atoms with Gasteiger partial charge in [0.25, 0.3) is 0 Å². The Morgan fingerprint density at radius 3 is 3.36 bits per heavy atom. The first-order chi connectivity index (χ1) is 5.42. The molecule has 3 heteroatoms. The molecule has 11 heavy (non-hydrogen) atoms. The predicted octanol–water partition coefficient (Wildman–Crippen LogP) is 1.23. The number of H-pyrrole nitrogens is 1. The third-order valence-electron chi connectivity index (χ3n) is 1.49. The summed E-state index contributed by atoms with van der Waals surface area (Å²) >= 11 is 0. The minimum Gasteiger partial charge on any atom is -0.276 e. The maximum atomic E-state index is 8.57. The molecule has 0 bridgehead atoms. The highest BCUT2D eigenvalue weighted by atomic mass is 15.1. The van der Waals surface area contributed by atoms with Gasteiger partial charge in [-0.3, -0.25) is 5.10 Å². The van der Waals surface area contributed by atoms with Crippen LogP contribution in [-0.2, 0) is 0 Å². The molecular formula is C8H4N3. The van der Waals surface area contributed by atoms with Crippen LogP contribution < -0.4 is 0 Å². The van der Waals surface area contributed by atoms with Crippen LogP contribution in [-0.4, -0.2) is 10.2 Å². The minimum atomic E-state index is 0.403. The van der Waals surface area contributed by atoms with Crippen molar-refractivity contribution in [1.29, 1.82) is 5.26 Å². The van der Waals surface area contributed by atoms with Gasteiger partial charge in [0.15, 0.2) is 5.69 Å². The summed E-state index contributed by atoms with van der Waals surface area (Å²) in [4.78, 5) is 0. The average molecular weight is 142 g/mol. The van der Waals surface area contributed by atoms with Gasteiger partial charge in [-0.1, -0.05) is 12.1 Å². The van der Waals surface area contributed by atoms with Crippen molar-refractivity contribution < 1.29 is 0 Å². The van der Waals surface area contributed by atoms with Crippen molar-refractivity contribution in [2.45, 2.75) is 0 Å². The molecule has 0 saturated carbocycles. The van der Waals surface area contributed by atoms with Crippen molar-refractivity contribution in [3.63, 3.8) is 0 Å². The van der Waals surface area contributed by atoms with Gasteiger partial charge in [-0.2, -0.15) is 10.4 Å². The minimum absolute atomic E-state index is 0.403. The molecule has 0 amide bonds. The largest absolute Gasteiger partial charge is 0.276 e. The number of aromatic nitrogens is 2. The molecule has 0 atom stereocenters. The number of aromatic amines is 1. The molecule has 2 aromatic rings. The van der Waals surface area contributed by atoms with Gasteiger partial charge in [0.1, 0.15) is 6.07 Å². The van der Waals surface area contributed by atoms with Gasteiger partial charge >= 0.3 is 0 Å². The van der Waals surface area contributed by atoms with Gasteiger partial charge in [-0.05, 0) is 12.1 Å². The zero-order valence-electron chi connectivity index (χ0n) is 5.63. The highest BCUT2D eigenvalue weighted by Crippen LogP contribution is 2.12. The number of hydrogen-bond donors (Lipinski definition) is 1. The molecule has 1 aromatic heterocycles. The van der Waals surface area contributed by atoms with Crippen LogP contribution in [0.4, 0.5) is 0 Å². The van der Waals surface area contributed by atoms with Crippen LogP contribution in [0.15, 0.2) is 18.2 Å². The zero-order valence-corrected chi connectivity index (χ0v) is 5.63. The fraction of sp³-hybridized carbons (Fsp3) is 0. The molecule has 0 saturated heterocycles. The second-order valence-electron chi connectivity index (χ2n) is 2.14. The summed E-state index contributed by atoms with van der Waals surface area (Å²) < 4.78 is 0. The summed E-state index contributed by atoms with van der Waals surface area (Å²) in [6, 6.07) is 10.4. The van der Waals surface area contributed by atoms with Crippen LogP contribution in [0.1, 0.15) is 5.69 Å². The van der Waals surface area contributed by atoms with E-state index < -0.39 is 0 Å². The summed E-state index contributed by atoms with van der Waals surface area (Å²) in [6.07, 6.45) is 0. The van der Waals surface area contributed by atoms with E-state index in [4.69, 9.17) is 5.26 Å². The van der Waals surface area contributed by atoms with Crippen molar-refractivity contribution >= 4 is 10.9 Å². The van der Waals surface area contributed by atoms with Gasteiger partial charge in [0.2, 0.25) is 0 Å². The van der Waals surface area contributed by atoms with Gasteiger partial charge in [-0.25, -0.2) is 0 Å². The first-order valence-corrected chi connectivity index (χ1v) is 3.16. The van der Waals surface area contributed by atoms with Crippen molar-refractivity contribution in [1.82, 2.24) is 10.2 Å². The monoisotopic (exact) mass is 142 g/mol. The lowest BCUT2D eigenvalue weighted by Crippen LogP contribution is -1.71. The van der Waals surface area contributed by atoms with E-state index in [-0.39, 0.29) is 0 Å². The molecule has 0 spiro atoms. The summed E-state index contributed by atoms with van der Waals surface area (Å²) in [5.41, 5.74) is 1.25. The van der Waals surface area contributed by atoms with E-state index in [0.29, 0.717) is 5.69 Å². The Morgan fingerprint density at radius 2 is 2.55 bits per heavy atom. The standard InChI is InChI=1S/C8H4N3/c9-5-8-6-3-1-2-4-7(6)10-11-8/h1-2,4H,(H,10,11). The van der Waals surface area contributed by atoms with Crippen molar-refractivity contribution in [3.8, 4) is 6.07 Å². The number of rotatable bonds is 0. The molecule has 0 unspecified atom stereocenters. The van der Waals surface area contributed by atoms with E-state index in [0.717, 1.165) is 10.9 Å². The zero-order chi connectivity index (χ0) is 7.68. The maximum Gasteiger partial charge on any atom is 0.170 e. The number of nitrogens with zero attached hydrogens (tertiary/aromatic N) is 2. The Morgan fingerprint density at radius 1 is 1.64 bits per heavy atom. The maximum absolute atomic E-state index is 8.57. The van der Waals surface area contributed by atoms with E-state index in [1.165, 1.54) is 0 Å². The first kappa shape index (κ1) is 5.93. The fourth-order valence-electron chi connectivity index (χ4n) is 0.979. The van der Waals surface area contributed by atoms with Gasteiger partial charge in [0, 0.05) is 5.39 Å². The molecule has 0 aliphatic heterocycles. The van der Waals surface area contributed by atoms with E-state index >= 15 is 0 Å². The topological polar surface area (TPSA) is 52.5 Å². The van der Waals surface area contributed by atoms with Crippen LogP contribution in [0.5, 0.6) is 0 Å². The summed E-state index contributed by atoms with van der Waals surface area (Å²) in [7, 11) is 0. The Hall–Kier alpha value is -1.82. The second kappa shape index (κ2) is 2.10. The van der Waals surface area contributed by atoms with Crippen molar-refractivity contribution in [2.75, 3.05) is 0 Å². The number of nitriles is 1. The van der Waals surface area contributed by atoms with Crippen LogP contribution >= 0.6 is 0 Å². The lowest BCUT2D eigenvalue weighted by molar-refractivity contribution is 1.10. The molecule has 0 aliphatic carbocycles. The van der Waals surface area contributed by atoms with Gasteiger partial charge in [0.05, 0.1) is 5.52 Å². The normalized spacial score (nSPS) is 9.73. The summed E-state index contributed by atoms with van der Waals surface area (Å²) in [5, 5.41) is 15.9. The molecule has 1 aromatic carbocycles. The molecule has 1 heterocycles. The first-order valence-electron chi connectivity index (χ1n) is 3.16. The van der Waals surface area contributed by atoms with Crippen molar-refractivity contribution in [3.05, 3.63) is 30.0 Å². The average Bonchev–Trinajstić information content (AvgIpc) is 2.47. The summed E-state index contributed by atoms with van der Waals surface area (Å²) in [6.45, 7) is 0. The van der Waals surface area contributed by atoms with E-state index in [9.17, 15) is 0 Å². The van der Waals surface area contributed by atoms with E-state index in [1.54, 1.807) is 6.07 Å². The van der Waals surface area contributed by atoms with Crippen LogP contribution in [0.2, 0.25) is 0 Å². The lowest BCUT2D eigenvalue weighted by atomic mass is 10.2. The fourth-order valence-corrected chi connectivity index (χ4v) is 0.979. The Labute approximate surface area is 63.3 Å². The molecule has 3 nitrogen and oxygen atoms in total. The number of hydrogen-bond acceptors (Lipinski definition) is 2. The molecule has 51 valence electrons. The highest BCUT2D eigenvalue weighted by molar-refractivity contribution is 5.82. The van der Waals surface area contributed by atoms with Crippen LogP contribution in [0.3, 0.4) is 0 Å². The number of benzene rings is 1. The Bertz CT molecular complexity index is 422. The Balaban J connectivity index is 2.89. The van der Waals surface area contributed by atoms with Crippen molar-refractivity contribution in [2.24, 2.45) is 0 Å². The SMILES string of the molecule is N#Cc1n[nH]c2ccc[c]c12. The molecular weight excluding hydrogens is 138 g/mol. The smallest absolute Gasteiger partial charge is 0.170 e. The van der Waals surface area contributed by atoms with Gasteiger partial charge < -0.3 is 0 Å². The van der Waals surface area contributed by atoms with Gasteiger partial charge in [-0.15, -0.1) is 0 Å². The molecule has 2 rings (SSSR count). The van der Waals surface area contributed by atoms with Crippen LogP contribution in [0, 0.1) is 17.4 Å². The quantitative estimate of drug-likeness (QED) is 0.601. The Kier molecular flexibility index (Phi) is 1.13. The third-order valence-corrected chi connectivity index (χ3v) is 1.49. The third kappa shape index (κ3) is 0.767. The predicted molar refractivity (Wildman–Crippen MR) is 39.6 cm³/mol. The summed E-state index contributed by atoms with van der Waals surface area (Å²) in [5.74, 6) is 0.